The summed E-state index contributed by atoms with van der Waals surface area (Å²) in [6, 6.07) is 9.46. The number of ketones is 1. The maximum Gasteiger partial charge on any atom is 0.417 e. The van der Waals surface area contributed by atoms with E-state index in [2.05, 4.69) is 4.98 Å². The number of aromatic nitrogens is 1. The van der Waals surface area contributed by atoms with E-state index in [1.165, 1.54) is 44.2 Å². The highest BCUT2D eigenvalue weighted by atomic mass is 35.5. The molecule has 0 spiro atoms. The second-order valence-corrected chi connectivity index (χ2v) is 8.90. The Morgan fingerprint density at radius 2 is 1.68 bits per heavy atom. The molecule has 0 bridgehead atoms. The number of carbonyl (C=O) groups excluding carboxylic acids is 2. The number of rotatable bonds is 7. The van der Waals surface area contributed by atoms with E-state index in [0.29, 0.717) is 16.1 Å². The van der Waals surface area contributed by atoms with Gasteiger partial charge in [0.1, 0.15) is 6.04 Å². The number of alkyl halides is 3. The van der Waals surface area contributed by atoms with Crippen LogP contribution in [0.2, 0.25) is 5.02 Å². The minimum Gasteiger partial charge on any atom is -0.480 e. The van der Waals surface area contributed by atoms with Crippen LogP contribution in [0, 0.1) is 20.8 Å². The Bertz CT molecular complexity index is 1350. The number of hydrazine groups is 1. The summed E-state index contributed by atoms with van der Waals surface area (Å²) in [5, 5.41) is 10.4. The van der Waals surface area contributed by atoms with Crippen molar-refractivity contribution in [3.63, 3.8) is 0 Å². The van der Waals surface area contributed by atoms with Crippen LogP contribution in [0.4, 0.5) is 13.2 Å². The average molecular weight is 534 g/mol. The summed E-state index contributed by atoms with van der Waals surface area (Å²) < 4.78 is 40.8. The molecule has 7 nitrogen and oxygen atoms in total. The number of aryl methyl sites for hydroxylation is 3. The Balaban J connectivity index is 1.88. The molecule has 194 valence electrons. The van der Waals surface area contributed by atoms with E-state index in [4.69, 9.17) is 17.4 Å². The van der Waals surface area contributed by atoms with Crippen molar-refractivity contribution < 1.29 is 32.7 Å². The van der Waals surface area contributed by atoms with E-state index in [1.54, 1.807) is 19.1 Å². The number of carbonyl (C=O) groups is 3. The van der Waals surface area contributed by atoms with Gasteiger partial charge in [-0.2, -0.15) is 13.2 Å². The van der Waals surface area contributed by atoms with Gasteiger partial charge in [-0.3, -0.25) is 19.6 Å². The first-order chi connectivity index (χ1) is 17.2. The van der Waals surface area contributed by atoms with Crippen molar-refractivity contribution in [2.24, 2.45) is 5.84 Å². The van der Waals surface area contributed by atoms with Crippen molar-refractivity contribution in [2.75, 3.05) is 0 Å². The van der Waals surface area contributed by atoms with Crippen LogP contribution < -0.4 is 5.84 Å². The predicted molar refractivity (Wildman–Crippen MR) is 130 cm³/mol. The molecule has 0 aliphatic rings. The molecule has 0 unspecified atom stereocenters. The minimum absolute atomic E-state index is 0.0396. The molecule has 3 rings (SSSR count). The third-order valence-corrected chi connectivity index (χ3v) is 6.11. The summed E-state index contributed by atoms with van der Waals surface area (Å²) in [7, 11) is 0. The van der Waals surface area contributed by atoms with Crippen LogP contribution in [0.5, 0.6) is 0 Å². The standard InChI is InChI=1S/C26H23ClF3N3O4/c1-13-5-4-6-19(27)21(13)24(35)33(31)20(25(36)37)12-16-7-9-17(10-8-16)23(34)22-15(3)32-14(2)11-18(22)26(28,29)30/h4-11,20H,12,31H2,1-3H3,(H,36,37)/t20-/m0/s1. The van der Waals surface area contributed by atoms with Gasteiger partial charge < -0.3 is 5.11 Å². The second-order valence-electron chi connectivity index (χ2n) is 8.50. The zero-order valence-electron chi connectivity index (χ0n) is 20.1. The second kappa shape index (κ2) is 10.7. The lowest BCUT2D eigenvalue weighted by atomic mass is 9.95. The number of hydrogen-bond acceptors (Lipinski definition) is 5. The highest BCUT2D eigenvalue weighted by Gasteiger charge is 2.37. The average Bonchev–Trinajstić information content (AvgIpc) is 2.80. The lowest BCUT2D eigenvalue weighted by Gasteiger charge is -2.25. The first-order valence-electron chi connectivity index (χ1n) is 11.0. The molecule has 0 radical (unpaired) electrons. The van der Waals surface area contributed by atoms with Crippen LogP contribution in [-0.2, 0) is 17.4 Å². The smallest absolute Gasteiger partial charge is 0.417 e. The lowest BCUT2D eigenvalue weighted by molar-refractivity contribution is -0.142. The molecular formula is C26H23ClF3N3O4. The van der Waals surface area contributed by atoms with Crippen LogP contribution in [0.3, 0.4) is 0 Å². The van der Waals surface area contributed by atoms with Crippen molar-refractivity contribution in [1.82, 2.24) is 9.99 Å². The first-order valence-corrected chi connectivity index (χ1v) is 11.4. The molecule has 3 N–H and O–H groups in total. The summed E-state index contributed by atoms with van der Waals surface area (Å²) in [5.41, 5.74) is -0.628. The number of benzene rings is 2. The number of aliphatic carboxylic acids is 1. The van der Waals surface area contributed by atoms with Gasteiger partial charge in [0.15, 0.2) is 5.78 Å². The number of carboxylic acids is 1. The molecule has 2 aromatic carbocycles. The summed E-state index contributed by atoms with van der Waals surface area (Å²) in [6.45, 7) is 4.37. The highest BCUT2D eigenvalue weighted by molar-refractivity contribution is 6.34. The third kappa shape index (κ3) is 5.98. The molecule has 1 amide bonds. The Labute approximate surface area is 215 Å². The molecule has 0 fully saturated rings. The summed E-state index contributed by atoms with van der Waals surface area (Å²) >= 11 is 6.11. The Morgan fingerprint density at radius 1 is 1.05 bits per heavy atom. The summed E-state index contributed by atoms with van der Waals surface area (Å²) in [6.07, 6.45) is -4.98. The minimum atomic E-state index is -4.75. The van der Waals surface area contributed by atoms with E-state index >= 15 is 0 Å². The van der Waals surface area contributed by atoms with Crippen molar-refractivity contribution in [2.45, 2.75) is 39.4 Å². The lowest BCUT2D eigenvalue weighted by Crippen LogP contribution is -2.51. The molecular weight excluding hydrogens is 511 g/mol. The van der Waals surface area contributed by atoms with Crippen LogP contribution in [0.25, 0.3) is 0 Å². The fraction of sp³-hybridized carbons (Fsp3) is 0.231. The van der Waals surface area contributed by atoms with E-state index in [-0.39, 0.29) is 34.0 Å². The number of nitrogens with two attached hydrogens (primary N) is 1. The topological polar surface area (TPSA) is 114 Å². The molecule has 0 saturated heterocycles. The van der Waals surface area contributed by atoms with Crippen LogP contribution in [-0.4, -0.2) is 38.8 Å². The van der Waals surface area contributed by atoms with Crippen LogP contribution in [0.15, 0.2) is 48.5 Å². The van der Waals surface area contributed by atoms with Gasteiger partial charge in [0.05, 0.1) is 21.7 Å². The molecule has 1 heterocycles. The van der Waals surface area contributed by atoms with Gasteiger partial charge in [0.2, 0.25) is 0 Å². The number of amides is 1. The molecule has 3 aromatic rings. The summed E-state index contributed by atoms with van der Waals surface area (Å²) in [5.74, 6) is 2.86. The number of hydrogen-bond donors (Lipinski definition) is 2. The van der Waals surface area contributed by atoms with Gasteiger partial charge in [-0.05, 0) is 44.0 Å². The number of pyridine rings is 1. The van der Waals surface area contributed by atoms with Crippen molar-refractivity contribution in [1.29, 1.82) is 0 Å². The third-order valence-electron chi connectivity index (χ3n) is 5.80. The number of nitrogens with zero attached hydrogens (tertiary/aromatic N) is 2. The molecule has 37 heavy (non-hydrogen) atoms. The van der Waals surface area contributed by atoms with E-state index in [1.807, 2.05) is 0 Å². The van der Waals surface area contributed by atoms with Crippen LogP contribution in [0.1, 0.15) is 54.4 Å². The Hall–Kier alpha value is -3.76. The van der Waals surface area contributed by atoms with Crippen molar-refractivity contribution >= 4 is 29.3 Å². The van der Waals surface area contributed by atoms with Gasteiger partial charge in [-0.25, -0.2) is 10.6 Å². The Kier molecular flexibility index (Phi) is 8.04. The number of carboxylic acid groups (broad SMARTS) is 1. The van der Waals surface area contributed by atoms with E-state index < -0.39 is 41.0 Å². The van der Waals surface area contributed by atoms with Gasteiger partial charge in [0.25, 0.3) is 5.91 Å². The van der Waals surface area contributed by atoms with E-state index in [9.17, 15) is 32.7 Å². The maximum atomic E-state index is 13.6. The van der Waals surface area contributed by atoms with Gasteiger partial charge in [0, 0.05) is 23.4 Å². The molecule has 1 aromatic heterocycles. The van der Waals surface area contributed by atoms with Gasteiger partial charge >= 0.3 is 12.1 Å². The number of halogens is 4. The normalized spacial score (nSPS) is 12.2. The fourth-order valence-corrected chi connectivity index (χ4v) is 4.28. The predicted octanol–water partition coefficient (Wildman–Crippen LogP) is 4.92. The molecule has 1 atom stereocenters. The Morgan fingerprint density at radius 3 is 2.22 bits per heavy atom. The van der Waals surface area contributed by atoms with E-state index in [0.717, 1.165) is 6.07 Å². The molecule has 0 aliphatic heterocycles. The molecule has 11 heteroatoms. The summed E-state index contributed by atoms with van der Waals surface area (Å²) in [4.78, 5) is 41.8. The fourth-order valence-electron chi connectivity index (χ4n) is 3.98. The zero-order chi connectivity index (χ0) is 27.7. The van der Waals surface area contributed by atoms with Gasteiger partial charge in [-0.1, -0.05) is 48.0 Å². The SMILES string of the molecule is Cc1cc(C(F)(F)F)c(C(=O)c2ccc(C[C@@H](C(=O)O)N(N)C(=O)c3c(C)cccc3Cl)cc2)c(C)n1. The largest absolute Gasteiger partial charge is 0.480 e. The molecule has 0 saturated carbocycles. The monoisotopic (exact) mass is 533 g/mol. The quantitative estimate of drug-likeness (QED) is 0.193. The van der Waals surface area contributed by atoms with Crippen molar-refractivity contribution in [3.05, 3.63) is 98.3 Å². The van der Waals surface area contributed by atoms with Crippen LogP contribution >= 0.6 is 11.6 Å². The first kappa shape index (κ1) is 27.8. The van der Waals surface area contributed by atoms with Gasteiger partial charge in [-0.15, -0.1) is 0 Å². The highest BCUT2D eigenvalue weighted by Crippen LogP contribution is 2.34. The maximum absolute atomic E-state index is 13.6. The molecule has 0 aliphatic carbocycles. The zero-order valence-corrected chi connectivity index (χ0v) is 20.8. The van der Waals surface area contributed by atoms with Crippen molar-refractivity contribution in [3.8, 4) is 0 Å².